The number of fused-ring (bicyclic) bond motifs is 1. The molecule has 0 unspecified atom stereocenters. The van der Waals surface area contributed by atoms with Crippen molar-refractivity contribution >= 4 is 32.2 Å². The third-order valence-electron chi connectivity index (χ3n) is 7.17. The molecule has 11 nitrogen and oxygen atoms in total. The number of aryl methyl sites for hydroxylation is 1. The monoisotopic (exact) mass is 551 g/mol. The maximum Gasteiger partial charge on any atom is 0.158 e. The summed E-state index contributed by atoms with van der Waals surface area (Å²) in [5.41, 5.74) is 4.00. The molecule has 0 radical (unpaired) electrons. The van der Waals surface area contributed by atoms with Crippen molar-refractivity contribution in [2.45, 2.75) is 32.9 Å². The van der Waals surface area contributed by atoms with Crippen molar-refractivity contribution < 1.29 is 18.3 Å². The van der Waals surface area contributed by atoms with Crippen LogP contribution in [0.1, 0.15) is 19.5 Å². The zero-order valence-corrected chi connectivity index (χ0v) is 23.5. The SMILES string of the molecule is COc1ccncc1-c1cc2c(cnn2-c2cc(N3C[C@H](CS(C)(=O)=O)[C@H]3C)cc(N[C@H](C)CO)n2)c(C)n1. The normalized spacial score (nSPS) is 18.2. The minimum atomic E-state index is -3.07. The Hall–Kier alpha value is -3.77. The van der Waals surface area contributed by atoms with Crippen LogP contribution in [0.25, 0.3) is 28.0 Å². The number of sulfone groups is 1. The highest BCUT2D eigenvalue weighted by Crippen LogP contribution is 2.35. The zero-order chi connectivity index (χ0) is 27.9. The highest BCUT2D eigenvalue weighted by Gasteiger charge is 2.38. The summed E-state index contributed by atoms with van der Waals surface area (Å²) in [6.45, 7) is 6.41. The van der Waals surface area contributed by atoms with Crippen LogP contribution in [0.5, 0.6) is 5.75 Å². The average Bonchev–Trinajstić information content (AvgIpc) is 3.34. The van der Waals surface area contributed by atoms with Crippen LogP contribution in [-0.2, 0) is 9.84 Å². The predicted molar refractivity (Wildman–Crippen MR) is 151 cm³/mol. The molecule has 5 heterocycles. The number of methoxy groups -OCH3 is 1. The molecule has 0 aromatic carbocycles. The van der Waals surface area contributed by atoms with Gasteiger partial charge in [0, 0.05) is 72.1 Å². The first kappa shape index (κ1) is 26.8. The summed E-state index contributed by atoms with van der Waals surface area (Å²) in [6.07, 6.45) is 6.45. The lowest BCUT2D eigenvalue weighted by Crippen LogP contribution is -2.57. The second-order valence-corrected chi connectivity index (χ2v) is 12.4. The minimum absolute atomic E-state index is 0.0450. The number of aromatic nitrogens is 5. The fraction of sp³-hybridized carbons (Fsp3) is 0.407. The lowest BCUT2D eigenvalue weighted by Gasteiger charge is -2.48. The van der Waals surface area contributed by atoms with E-state index in [0.29, 0.717) is 29.6 Å². The largest absolute Gasteiger partial charge is 0.496 e. The standard InChI is InChI=1S/C27H33N7O4S/c1-16(14-35)30-26-8-20(33-13-19(18(33)3)15-39(5,36)37)9-27(32-26)34-24-10-23(31-17(2)21(24)12-29-34)22-11-28-7-6-25(22)38-4/h6-12,16,18-19,35H,13-15H2,1-5H3,(H,30,32)/t16-,18-,19-/m1/s1. The topological polar surface area (TPSA) is 135 Å². The van der Waals surface area contributed by atoms with Gasteiger partial charge in [-0.3, -0.25) is 9.97 Å². The van der Waals surface area contributed by atoms with Gasteiger partial charge >= 0.3 is 0 Å². The molecule has 3 atom stereocenters. The number of aliphatic hydroxyl groups is 1. The summed E-state index contributed by atoms with van der Waals surface area (Å²) in [6, 6.07) is 7.45. The van der Waals surface area contributed by atoms with E-state index in [2.05, 4.69) is 20.3 Å². The molecule has 0 bridgehead atoms. The molecule has 1 fully saturated rings. The van der Waals surface area contributed by atoms with E-state index >= 15 is 0 Å². The first-order valence-corrected chi connectivity index (χ1v) is 14.8. The molecule has 206 valence electrons. The molecule has 0 amide bonds. The summed E-state index contributed by atoms with van der Waals surface area (Å²) in [5, 5.41) is 18.4. The molecular weight excluding hydrogens is 518 g/mol. The van der Waals surface area contributed by atoms with E-state index in [0.717, 1.165) is 27.8 Å². The van der Waals surface area contributed by atoms with Gasteiger partial charge in [-0.25, -0.2) is 18.1 Å². The molecule has 5 rings (SSSR count). The highest BCUT2D eigenvalue weighted by molar-refractivity contribution is 7.90. The quantitative estimate of drug-likeness (QED) is 0.320. The predicted octanol–water partition coefficient (Wildman–Crippen LogP) is 2.86. The second-order valence-electron chi connectivity index (χ2n) is 10.2. The van der Waals surface area contributed by atoms with Crippen LogP contribution in [0.4, 0.5) is 11.5 Å². The Labute approximate surface area is 227 Å². The summed E-state index contributed by atoms with van der Waals surface area (Å²) in [4.78, 5) is 16.0. The van der Waals surface area contributed by atoms with Crippen molar-refractivity contribution in [2.75, 3.05) is 42.5 Å². The minimum Gasteiger partial charge on any atom is -0.496 e. The van der Waals surface area contributed by atoms with Gasteiger partial charge in [-0.15, -0.1) is 0 Å². The number of hydrogen-bond donors (Lipinski definition) is 2. The third kappa shape index (κ3) is 5.39. The number of anilines is 2. The smallest absolute Gasteiger partial charge is 0.158 e. The number of aliphatic hydroxyl groups excluding tert-OH is 1. The van der Waals surface area contributed by atoms with Gasteiger partial charge in [-0.1, -0.05) is 0 Å². The van der Waals surface area contributed by atoms with Crippen molar-refractivity contribution in [1.29, 1.82) is 0 Å². The van der Waals surface area contributed by atoms with Gasteiger partial charge < -0.3 is 20.1 Å². The van der Waals surface area contributed by atoms with Crippen molar-refractivity contribution in [1.82, 2.24) is 24.7 Å². The Kier molecular flexibility index (Phi) is 7.17. The lowest BCUT2D eigenvalue weighted by atomic mass is 9.91. The van der Waals surface area contributed by atoms with Crippen LogP contribution >= 0.6 is 0 Å². The van der Waals surface area contributed by atoms with Crippen molar-refractivity contribution in [3.8, 4) is 22.8 Å². The summed E-state index contributed by atoms with van der Waals surface area (Å²) >= 11 is 0. The fourth-order valence-corrected chi connectivity index (χ4v) is 6.17. The number of rotatable bonds is 9. The van der Waals surface area contributed by atoms with E-state index in [9.17, 15) is 13.5 Å². The van der Waals surface area contributed by atoms with E-state index < -0.39 is 9.84 Å². The summed E-state index contributed by atoms with van der Waals surface area (Å²) < 4.78 is 31.1. The van der Waals surface area contributed by atoms with Crippen LogP contribution in [-0.4, -0.2) is 82.6 Å². The Balaban J connectivity index is 1.59. The van der Waals surface area contributed by atoms with Gasteiger partial charge in [-0.2, -0.15) is 5.10 Å². The molecule has 1 aliphatic rings. The van der Waals surface area contributed by atoms with Crippen molar-refractivity contribution in [2.24, 2.45) is 5.92 Å². The van der Waals surface area contributed by atoms with Crippen molar-refractivity contribution in [3.63, 3.8) is 0 Å². The van der Waals surface area contributed by atoms with E-state index in [1.807, 2.05) is 39.0 Å². The maximum absolute atomic E-state index is 11.9. The molecule has 0 aliphatic carbocycles. The van der Waals surface area contributed by atoms with E-state index in [4.69, 9.17) is 14.7 Å². The van der Waals surface area contributed by atoms with Gasteiger partial charge in [0.25, 0.3) is 0 Å². The number of ether oxygens (including phenoxy) is 1. The second kappa shape index (κ2) is 10.4. The van der Waals surface area contributed by atoms with Gasteiger partial charge in [-0.05, 0) is 32.9 Å². The van der Waals surface area contributed by atoms with Gasteiger partial charge in [0.05, 0.1) is 42.4 Å². The van der Waals surface area contributed by atoms with E-state index in [1.54, 1.807) is 36.4 Å². The molecule has 1 aliphatic heterocycles. The molecule has 2 N–H and O–H groups in total. The molecule has 39 heavy (non-hydrogen) atoms. The van der Waals surface area contributed by atoms with Crippen LogP contribution in [0.3, 0.4) is 0 Å². The average molecular weight is 552 g/mol. The van der Waals surface area contributed by atoms with Crippen LogP contribution in [0.2, 0.25) is 0 Å². The molecule has 0 spiro atoms. The Bertz CT molecular complexity index is 1620. The summed E-state index contributed by atoms with van der Waals surface area (Å²) in [7, 11) is -1.45. The molecule has 4 aromatic rings. The van der Waals surface area contributed by atoms with Crippen molar-refractivity contribution in [3.05, 3.63) is 48.5 Å². The van der Waals surface area contributed by atoms with Crippen LogP contribution in [0.15, 0.2) is 42.9 Å². The van der Waals surface area contributed by atoms with Gasteiger partial charge in [0.15, 0.2) is 5.82 Å². The van der Waals surface area contributed by atoms with Crippen LogP contribution < -0.4 is 15.0 Å². The van der Waals surface area contributed by atoms with E-state index in [-0.39, 0.29) is 30.4 Å². The number of hydrogen-bond acceptors (Lipinski definition) is 10. The van der Waals surface area contributed by atoms with Gasteiger partial charge in [0.2, 0.25) is 0 Å². The highest BCUT2D eigenvalue weighted by atomic mass is 32.2. The molecule has 0 saturated carbocycles. The first-order valence-electron chi connectivity index (χ1n) is 12.8. The van der Waals surface area contributed by atoms with Crippen LogP contribution in [0, 0.1) is 12.8 Å². The zero-order valence-electron chi connectivity index (χ0n) is 22.7. The Morgan fingerprint density at radius 1 is 1.23 bits per heavy atom. The molecule has 1 saturated heterocycles. The Morgan fingerprint density at radius 2 is 2.03 bits per heavy atom. The lowest BCUT2D eigenvalue weighted by molar-refractivity contribution is 0.281. The fourth-order valence-electron chi connectivity index (χ4n) is 5.01. The Morgan fingerprint density at radius 3 is 2.72 bits per heavy atom. The number of pyridine rings is 3. The maximum atomic E-state index is 11.9. The number of nitrogens with one attached hydrogen (secondary N) is 1. The summed E-state index contributed by atoms with van der Waals surface area (Å²) in [5.74, 6) is 2.06. The molecule has 4 aromatic heterocycles. The first-order chi connectivity index (χ1) is 18.6. The molecule has 12 heteroatoms. The van der Waals surface area contributed by atoms with E-state index in [1.165, 1.54) is 6.26 Å². The number of nitrogens with zero attached hydrogens (tertiary/aromatic N) is 6. The molecular formula is C27H33N7O4S. The third-order valence-corrected chi connectivity index (χ3v) is 8.20. The van der Waals surface area contributed by atoms with Gasteiger partial charge in [0.1, 0.15) is 21.4 Å².